The number of carbonyl (C=O) groups excluding carboxylic acids is 2. The molecule has 2 aromatic carbocycles. The lowest BCUT2D eigenvalue weighted by molar-refractivity contribution is -0.128. The van der Waals surface area contributed by atoms with E-state index in [1.165, 1.54) is 24.1 Å². The van der Waals surface area contributed by atoms with Crippen LogP contribution < -0.4 is 10.1 Å². The fraction of sp³-hybridized carbons (Fsp3) is 0.105. The summed E-state index contributed by atoms with van der Waals surface area (Å²) in [5, 5.41) is 2.50. The molecule has 1 fully saturated rings. The number of nitrogens with one attached hydrogen (secondary N) is 1. The van der Waals surface area contributed by atoms with Gasteiger partial charge in [0.05, 0.1) is 0 Å². The highest BCUT2D eigenvalue weighted by Crippen LogP contribution is 2.27. The van der Waals surface area contributed by atoms with Crippen molar-refractivity contribution in [3.05, 3.63) is 69.5 Å². The Balaban J connectivity index is 1.92. The Morgan fingerprint density at radius 1 is 1.26 bits per heavy atom. The minimum Gasteiger partial charge on any atom is -0.488 e. The van der Waals surface area contributed by atoms with Crippen molar-refractivity contribution < 1.29 is 18.7 Å². The normalized spacial score (nSPS) is 15.9. The second-order valence-electron chi connectivity index (χ2n) is 5.74. The molecule has 0 unspecified atom stereocenters. The number of benzene rings is 2. The van der Waals surface area contributed by atoms with Gasteiger partial charge in [-0.3, -0.25) is 19.8 Å². The lowest BCUT2D eigenvalue weighted by Gasteiger charge is -2.25. The number of nitrogens with zero attached hydrogens (tertiary/aromatic N) is 1. The van der Waals surface area contributed by atoms with Gasteiger partial charge in [0.2, 0.25) is 0 Å². The molecule has 0 radical (unpaired) electrons. The third-order valence-corrected chi connectivity index (χ3v) is 4.79. The highest BCUT2D eigenvalue weighted by molar-refractivity contribution is 9.10. The highest BCUT2D eigenvalue weighted by Gasteiger charge is 2.31. The van der Waals surface area contributed by atoms with Gasteiger partial charge in [-0.2, -0.15) is 0 Å². The predicted octanol–water partition coefficient (Wildman–Crippen LogP) is 3.42. The van der Waals surface area contributed by atoms with E-state index in [0.717, 1.165) is 4.47 Å². The molecule has 27 heavy (non-hydrogen) atoms. The number of likely N-dealkylation sites (N-methyl/N-ethyl adjacent to an activating group) is 1. The van der Waals surface area contributed by atoms with Gasteiger partial charge in [-0.1, -0.05) is 34.1 Å². The Bertz CT molecular complexity index is 977. The molecule has 8 heteroatoms. The number of ether oxygens (including phenoxy) is 1. The van der Waals surface area contributed by atoms with E-state index < -0.39 is 11.8 Å². The fourth-order valence-corrected chi connectivity index (χ4v) is 2.99. The number of carbonyl (C=O) groups is 2. The van der Waals surface area contributed by atoms with Crippen LogP contribution in [0.15, 0.2) is 52.5 Å². The molecule has 0 saturated carbocycles. The van der Waals surface area contributed by atoms with Crippen molar-refractivity contribution in [1.82, 2.24) is 10.2 Å². The van der Waals surface area contributed by atoms with E-state index >= 15 is 0 Å². The Hall–Kier alpha value is -2.58. The van der Waals surface area contributed by atoms with Crippen LogP contribution in [0.4, 0.5) is 4.39 Å². The molecule has 1 N–H and O–H groups in total. The minimum atomic E-state index is -0.580. The monoisotopic (exact) mass is 448 g/mol. The lowest BCUT2D eigenvalue weighted by Crippen LogP contribution is -2.52. The zero-order valence-corrected chi connectivity index (χ0v) is 16.6. The van der Waals surface area contributed by atoms with Crippen molar-refractivity contribution in [2.45, 2.75) is 6.61 Å². The van der Waals surface area contributed by atoms with Crippen LogP contribution in [0.1, 0.15) is 11.1 Å². The van der Waals surface area contributed by atoms with Crippen molar-refractivity contribution in [3.8, 4) is 5.75 Å². The summed E-state index contributed by atoms with van der Waals surface area (Å²) in [5.41, 5.74) is 0.830. The van der Waals surface area contributed by atoms with Crippen LogP contribution in [0, 0.1) is 5.82 Å². The van der Waals surface area contributed by atoms with Gasteiger partial charge in [0.15, 0.2) is 5.11 Å². The van der Waals surface area contributed by atoms with E-state index in [0.29, 0.717) is 16.9 Å². The molecule has 5 nitrogen and oxygen atoms in total. The molecule has 2 amide bonds. The van der Waals surface area contributed by atoms with E-state index in [9.17, 15) is 14.0 Å². The predicted molar refractivity (Wildman–Crippen MR) is 106 cm³/mol. The standard InChI is InChI=1S/C19H14BrFN2O3S/c1-23-18(25)14(17(24)22-19(23)27)9-12-8-13(20)6-7-16(12)26-10-11-4-2-3-5-15(11)21/h2-9H,10H2,1H3,(H,22,24,27)/b14-9+. The van der Waals surface area contributed by atoms with Gasteiger partial charge in [0, 0.05) is 22.6 Å². The van der Waals surface area contributed by atoms with Crippen LogP contribution in [0.3, 0.4) is 0 Å². The summed E-state index contributed by atoms with van der Waals surface area (Å²) in [6, 6.07) is 11.4. The molecule has 0 atom stereocenters. The second kappa shape index (κ2) is 7.98. The molecule has 1 saturated heterocycles. The summed E-state index contributed by atoms with van der Waals surface area (Å²) in [6.07, 6.45) is 1.43. The molecular weight excluding hydrogens is 435 g/mol. The van der Waals surface area contributed by atoms with Gasteiger partial charge in [-0.25, -0.2) is 4.39 Å². The zero-order valence-electron chi connectivity index (χ0n) is 14.2. The first-order chi connectivity index (χ1) is 12.9. The summed E-state index contributed by atoms with van der Waals surface area (Å²) in [7, 11) is 1.48. The SMILES string of the molecule is CN1C(=O)/C(=C/c2cc(Br)ccc2OCc2ccccc2F)C(=O)NC1=S. The zero-order chi connectivity index (χ0) is 19.6. The van der Waals surface area contributed by atoms with E-state index in [2.05, 4.69) is 21.2 Å². The van der Waals surface area contributed by atoms with Gasteiger partial charge in [-0.15, -0.1) is 0 Å². The van der Waals surface area contributed by atoms with E-state index in [1.807, 2.05) is 0 Å². The Labute approximate surface area is 168 Å². The van der Waals surface area contributed by atoms with Crippen LogP contribution in [0.2, 0.25) is 0 Å². The fourth-order valence-electron chi connectivity index (χ4n) is 2.44. The van der Waals surface area contributed by atoms with Crippen LogP contribution in [-0.4, -0.2) is 28.9 Å². The van der Waals surface area contributed by atoms with Gasteiger partial charge < -0.3 is 4.74 Å². The quantitative estimate of drug-likeness (QED) is 0.442. The molecule has 0 bridgehead atoms. The Kier molecular flexibility index (Phi) is 5.67. The summed E-state index contributed by atoms with van der Waals surface area (Å²) >= 11 is 8.29. The van der Waals surface area contributed by atoms with E-state index in [1.54, 1.807) is 36.4 Å². The van der Waals surface area contributed by atoms with Crippen molar-refractivity contribution in [2.75, 3.05) is 7.05 Å². The third kappa shape index (κ3) is 4.23. The lowest BCUT2D eigenvalue weighted by atomic mass is 10.1. The summed E-state index contributed by atoms with van der Waals surface area (Å²) in [4.78, 5) is 25.7. The first-order valence-electron chi connectivity index (χ1n) is 7.87. The number of thiocarbonyl (C=S) groups is 1. The van der Waals surface area contributed by atoms with Crippen LogP contribution in [-0.2, 0) is 16.2 Å². The molecule has 0 aromatic heterocycles. The maximum absolute atomic E-state index is 13.8. The van der Waals surface area contributed by atoms with Gasteiger partial charge >= 0.3 is 0 Å². The van der Waals surface area contributed by atoms with Crippen molar-refractivity contribution in [2.24, 2.45) is 0 Å². The molecule has 0 aliphatic carbocycles. The Morgan fingerprint density at radius 2 is 2.00 bits per heavy atom. The molecule has 1 heterocycles. The van der Waals surface area contributed by atoms with E-state index in [-0.39, 0.29) is 23.1 Å². The molecule has 2 aromatic rings. The smallest absolute Gasteiger partial charge is 0.265 e. The molecule has 3 rings (SSSR count). The number of halogens is 2. The molecule has 0 spiro atoms. The van der Waals surface area contributed by atoms with Crippen LogP contribution in [0.25, 0.3) is 6.08 Å². The van der Waals surface area contributed by atoms with Crippen LogP contribution >= 0.6 is 28.1 Å². The first-order valence-corrected chi connectivity index (χ1v) is 9.08. The molecule has 138 valence electrons. The maximum atomic E-state index is 13.8. The first kappa shape index (κ1) is 19.2. The van der Waals surface area contributed by atoms with E-state index in [4.69, 9.17) is 17.0 Å². The summed E-state index contributed by atoms with van der Waals surface area (Å²) in [6.45, 7) is 0.00854. The summed E-state index contributed by atoms with van der Waals surface area (Å²) in [5.74, 6) is -1.05. The van der Waals surface area contributed by atoms with Crippen LogP contribution in [0.5, 0.6) is 5.75 Å². The number of hydrogen-bond acceptors (Lipinski definition) is 4. The van der Waals surface area contributed by atoms with Crippen molar-refractivity contribution >= 4 is 51.2 Å². The summed E-state index contributed by atoms with van der Waals surface area (Å²) < 4.78 is 20.3. The highest BCUT2D eigenvalue weighted by atomic mass is 79.9. The maximum Gasteiger partial charge on any atom is 0.265 e. The second-order valence-corrected chi connectivity index (χ2v) is 7.05. The van der Waals surface area contributed by atoms with Gasteiger partial charge in [-0.05, 0) is 42.6 Å². The molecular formula is C19H14BrFN2O3S. The number of rotatable bonds is 4. The topological polar surface area (TPSA) is 58.6 Å². The largest absolute Gasteiger partial charge is 0.488 e. The Morgan fingerprint density at radius 3 is 2.74 bits per heavy atom. The average Bonchev–Trinajstić information content (AvgIpc) is 2.64. The number of amides is 2. The van der Waals surface area contributed by atoms with Gasteiger partial charge in [0.25, 0.3) is 11.8 Å². The number of hydrogen-bond donors (Lipinski definition) is 1. The van der Waals surface area contributed by atoms with Crippen molar-refractivity contribution in [1.29, 1.82) is 0 Å². The molecule has 1 aliphatic rings. The van der Waals surface area contributed by atoms with Crippen molar-refractivity contribution in [3.63, 3.8) is 0 Å². The molecule has 1 aliphatic heterocycles. The van der Waals surface area contributed by atoms with Gasteiger partial charge in [0.1, 0.15) is 23.7 Å². The average molecular weight is 449 g/mol. The third-order valence-electron chi connectivity index (χ3n) is 3.92. The minimum absolute atomic E-state index is 0.00854.